The number of hydrogen-bond donors (Lipinski definition) is 2. The number of benzene rings is 1. The van der Waals surface area contributed by atoms with Crippen molar-refractivity contribution in [1.29, 1.82) is 0 Å². The number of urea groups is 1. The Labute approximate surface area is 88.0 Å². The van der Waals surface area contributed by atoms with Gasteiger partial charge in [-0.1, -0.05) is 6.08 Å². The first-order valence-electron chi connectivity index (χ1n) is 4.55. The lowest BCUT2D eigenvalue weighted by atomic mass is 10.2. The molecule has 0 saturated carbocycles. The van der Waals surface area contributed by atoms with Gasteiger partial charge in [-0.15, -0.1) is 6.58 Å². The van der Waals surface area contributed by atoms with Crippen LogP contribution in [0.1, 0.15) is 5.56 Å². The van der Waals surface area contributed by atoms with Crippen LogP contribution in [0.3, 0.4) is 0 Å². The van der Waals surface area contributed by atoms with E-state index in [1.54, 1.807) is 19.1 Å². The van der Waals surface area contributed by atoms with Gasteiger partial charge in [0.15, 0.2) is 0 Å². The van der Waals surface area contributed by atoms with Crippen LogP contribution in [-0.2, 0) is 0 Å². The summed E-state index contributed by atoms with van der Waals surface area (Å²) in [6, 6.07) is 4.07. The van der Waals surface area contributed by atoms with Crippen molar-refractivity contribution in [3.8, 4) is 0 Å². The number of carbonyl (C=O) groups excluding carboxylic acids is 1. The standard InChI is InChI=1S/C11H13FN2O/c1-3-6-13-11(15)14-9-4-5-10(12)8(2)7-9/h3-5,7H,1,6H2,2H3,(H2,13,14,15). The largest absolute Gasteiger partial charge is 0.334 e. The molecule has 0 bridgehead atoms. The Morgan fingerprint density at radius 2 is 2.33 bits per heavy atom. The highest BCUT2D eigenvalue weighted by atomic mass is 19.1. The summed E-state index contributed by atoms with van der Waals surface area (Å²) in [5, 5.41) is 5.13. The zero-order chi connectivity index (χ0) is 11.3. The van der Waals surface area contributed by atoms with E-state index in [0.29, 0.717) is 17.8 Å². The molecule has 0 radical (unpaired) electrons. The maximum Gasteiger partial charge on any atom is 0.319 e. The number of rotatable bonds is 3. The van der Waals surface area contributed by atoms with E-state index in [-0.39, 0.29) is 11.8 Å². The first kappa shape index (κ1) is 11.2. The van der Waals surface area contributed by atoms with E-state index in [0.717, 1.165) is 0 Å². The smallest absolute Gasteiger partial charge is 0.319 e. The Morgan fingerprint density at radius 1 is 1.60 bits per heavy atom. The van der Waals surface area contributed by atoms with Gasteiger partial charge in [0.05, 0.1) is 0 Å². The molecule has 0 aliphatic carbocycles. The number of anilines is 1. The predicted molar refractivity (Wildman–Crippen MR) is 58.4 cm³/mol. The molecule has 0 spiro atoms. The highest BCUT2D eigenvalue weighted by Crippen LogP contribution is 2.13. The normalized spacial score (nSPS) is 9.47. The summed E-state index contributed by atoms with van der Waals surface area (Å²) < 4.78 is 12.9. The van der Waals surface area contributed by atoms with Gasteiger partial charge >= 0.3 is 6.03 Å². The molecule has 1 rings (SSSR count). The van der Waals surface area contributed by atoms with Crippen LogP contribution in [-0.4, -0.2) is 12.6 Å². The van der Waals surface area contributed by atoms with Gasteiger partial charge in [0, 0.05) is 12.2 Å². The van der Waals surface area contributed by atoms with Crippen LogP contribution < -0.4 is 10.6 Å². The zero-order valence-corrected chi connectivity index (χ0v) is 8.51. The average molecular weight is 208 g/mol. The molecule has 0 atom stereocenters. The second-order valence-corrected chi connectivity index (χ2v) is 3.09. The van der Waals surface area contributed by atoms with Crippen LogP contribution in [0.4, 0.5) is 14.9 Å². The predicted octanol–water partition coefficient (Wildman–Crippen LogP) is 2.44. The molecule has 0 unspecified atom stereocenters. The molecule has 0 heterocycles. The highest BCUT2D eigenvalue weighted by molar-refractivity contribution is 5.89. The maximum atomic E-state index is 12.9. The summed E-state index contributed by atoms with van der Waals surface area (Å²) in [5.41, 5.74) is 1.06. The number of carbonyl (C=O) groups is 1. The summed E-state index contributed by atoms with van der Waals surface area (Å²) >= 11 is 0. The Kier molecular flexibility index (Phi) is 3.85. The zero-order valence-electron chi connectivity index (χ0n) is 8.51. The number of nitrogens with one attached hydrogen (secondary N) is 2. The van der Waals surface area contributed by atoms with Gasteiger partial charge in [0.2, 0.25) is 0 Å². The summed E-state index contributed by atoms with van der Waals surface area (Å²) in [6.07, 6.45) is 1.58. The monoisotopic (exact) mass is 208 g/mol. The van der Waals surface area contributed by atoms with Crippen LogP contribution >= 0.6 is 0 Å². The SMILES string of the molecule is C=CCNC(=O)Nc1ccc(F)c(C)c1. The third kappa shape index (κ3) is 3.42. The Bertz CT molecular complexity index is 377. The minimum atomic E-state index is -0.332. The molecule has 2 N–H and O–H groups in total. The summed E-state index contributed by atoms with van der Waals surface area (Å²) in [6.45, 7) is 5.51. The minimum Gasteiger partial charge on any atom is -0.334 e. The number of halogens is 1. The van der Waals surface area contributed by atoms with Crippen LogP contribution in [0.25, 0.3) is 0 Å². The van der Waals surface area contributed by atoms with E-state index in [1.807, 2.05) is 0 Å². The second-order valence-electron chi connectivity index (χ2n) is 3.09. The molecule has 0 aliphatic heterocycles. The fraction of sp³-hybridized carbons (Fsp3) is 0.182. The van der Waals surface area contributed by atoms with Gasteiger partial charge in [-0.25, -0.2) is 9.18 Å². The summed E-state index contributed by atoms with van der Waals surface area (Å²) in [7, 11) is 0. The Hall–Kier alpha value is -1.84. The molecule has 2 amide bonds. The number of hydrogen-bond acceptors (Lipinski definition) is 1. The van der Waals surface area contributed by atoms with E-state index in [1.165, 1.54) is 12.1 Å². The molecular weight excluding hydrogens is 195 g/mol. The van der Waals surface area contributed by atoms with Crippen molar-refractivity contribution in [2.75, 3.05) is 11.9 Å². The second kappa shape index (κ2) is 5.14. The van der Waals surface area contributed by atoms with Crippen molar-refractivity contribution in [1.82, 2.24) is 5.32 Å². The highest BCUT2D eigenvalue weighted by Gasteiger charge is 2.02. The van der Waals surface area contributed by atoms with Gasteiger partial charge in [-0.05, 0) is 30.7 Å². The fourth-order valence-electron chi connectivity index (χ4n) is 1.06. The molecule has 1 aromatic rings. The third-order valence-corrected chi connectivity index (χ3v) is 1.82. The van der Waals surface area contributed by atoms with Crippen molar-refractivity contribution < 1.29 is 9.18 Å². The lowest BCUT2D eigenvalue weighted by Gasteiger charge is -2.06. The topological polar surface area (TPSA) is 41.1 Å². The molecule has 15 heavy (non-hydrogen) atoms. The summed E-state index contributed by atoms with van der Waals surface area (Å²) in [5.74, 6) is -0.285. The van der Waals surface area contributed by atoms with Crippen LogP contribution in [0.2, 0.25) is 0 Å². The molecule has 0 saturated heterocycles. The van der Waals surface area contributed by atoms with Crippen LogP contribution in [0.5, 0.6) is 0 Å². The van der Waals surface area contributed by atoms with Crippen molar-refractivity contribution >= 4 is 11.7 Å². The van der Waals surface area contributed by atoms with Gasteiger partial charge in [-0.2, -0.15) is 0 Å². The maximum absolute atomic E-state index is 12.9. The Balaban J connectivity index is 2.60. The van der Waals surface area contributed by atoms with Gasteiger partial charge in [-0.3, -0.25) is 0 Å². The van der Waals surface area contributed by atoms with Crippen molar-refractivity contribution in [2.24, 2.45) is 0 Å². The minimum absolute atomic E-state index is 0.285. The van der Waals surface area contributed by atoms with E-state index in [9.17, 15) is 9.18 Å². The first-order valence-corrected chi connectivity index (χ1v) is 4.55. The van der Waals surface area contributed by atoms with E-state index < -0.39 is 0 Å². The van der Waals surface area contributed by atoms with Crippen molar-refractivity contribution in [3.63, 3.8) is 0 Å². The fourth-order valence-corrected chi connectivity index (χ4v) is 1.06. The van der Waals surface area contributed by atoms with E-state index >= 15 is 0 Å². The molecule has 1 aromatic carbocycles. The number of aryl methyl sites for hydroxylation is 1. The van der Waals surface area contributed by atoms with E-state index in [2.05, 4.69) is 17.2 Å². The van der Waals surface area contributed by atoms with Crippen LogP contribution in [0.15, 0.2) is 30.9 Å². The molecule has 3 nitrogen and oxygen atoms in total. The van der Waals surface area contributed by atoms with Crippen molar-refractivity contribution in [3.05, 3.63) is 42.2 Å². The Morgan fingerprint density at radius 3 is 2.93 bits per heavy atom. The molecule has 0 aliphatic rings. The van der Waals surface area contributed by atoms with E-state index in [4.69, 9.17) is 0 Å². The van der Waals surface area contributed by atoms with Crippen LogP contribution in [0, 0.1) is 12.7 Å². The average Bonchev–Trinajstić information content (AvgIpc) is 2.20. The molecule has 4 heteroatoms. The molecular formula is C11H13FN2O. The lowest BCUT2D eigenvalue weighted by molar-refractivity contribution is 0.253. The van der Waals surface area contributed by atoms with Gasteiger partial charge < -0.3 is 10.6 Å². The van der Waals surface area contributed by atoms with Crippen molar-refractivity contribution in [2.45, 2.75) is 6.92 Å². The van der Waals surface area contributed by atoms with Gasteiger partial charge in [0.25, 0.3) is 0 Å². The molecule has 80 valence electrons. The summed E-state index contributed by atoms with van der Waals surface area (Å²) in [4.78, 5) is 11.2. The first-order chi connectivity index (χ1) is 7.13. The quantitative estimate of drug-likeness (QED) is 0.736. The third-order valence-electron chi connectivity index (χ3n) is 1.82. The van der Waals surface area contributed by atoms with Gasteiger partial charge in [0.1, 0.15) is 5.82 Å². The number of amides is 2. The lowest BCUT2D eigenvalue weighted by Crippen LogP contribution is -2.28. The molecule has 0 aromatic heterocycles. The molecule has 0 fully saturated rings.